The van der Waals surface area contributed by atoms with E-state index in [0.717, 1.165) is 26.9 Å². The topological polar surface area (TPSA) is 38.7 Å². The van der Waals surface area contributed by atoms with E-state index >= 15 is 0 Å². The first-order valence-corrected chi connectivity index (χ1v) is 7.09. The maximum atomic E-state index is 9.43. The first-order chi connectivity index (χ1) is 9.66. The van der Waals surface area contributed by atoms with Crippen LogP contribution in [-0.4, -0.2) is 19.3 Å². The Morgan fingerprint density at radius 3 is 2.20 bits per heavy atom. The molecule has 0 radical (unpaired) electrons. The summed E-state index contributed by atoms with van der Waals surface area (Å²) in [4.78, 5) is 2.06. The highest BCUT2D eigenvalue weighted by Crippen LogP contribution is 2.35. The molecule has 0 fully saturated rings. The van der Waals surface area contributed by atoms with Crippen molar-refractivity contribution in [2.45, 2.75) is 23.3 Å². The molecule has 0 saturated heterocycles. The minimum atomic E-state index is 0.0315. The van der Waals surface area contributed by atoms with Gasteiger partial charge < -0.3 is 14.6 Å². The van der Waals surface area contributed by atoms with Crippen LogP contribution in [0.3, 0.4) is 0 Å². The molecule has 2 rings (SSSR count). The van der Waals surface area contributed by atoms with Crippen LogP contribution in [0.1, 0.15) is 11.1 Å². The SMILES string of the molecule is COc1cc(OC)cc(Sc2cc(C)ccc2CO)c1. The van der Waals surface area contributed by atoms with E-state index in [9.17, 15) is 5.11 Å². The Labute approximate surface area is 123 Å². The lowest BCUT2D eigenvalue weighted by molar-refractivity contribution is 0.279. The third kappa shape index (κ3) is 3.46. The minimum Gasteiger partial charge on any atom is -0.497 e. The molecule has 2 aromatic carbocycles. The van der Waals surface area contributed by atoms with Crippen molar-refractivity contribution >= 4 is 11.8 Å². The molecule has 2 aromatic rings. The summed E-state index contributed by atoms with van der Waals surface area (Å²) in [6.45, 7) is 2.07. The van der Waals surface area contributed by atoms with Crippen molar-refractivity contribution in [2.24, 2.45) is 0 Å². The van der Waals surface area contributed by atoms with Gasteiger partial charge in [-0.1, -0.05) is 23.9 Å². The lowest BCUT2D eigenvalue weighted by Crippen LogP contribution is -1.90. The monoisotopic (exact) mass is 290 g/mol. The molecule has 1 N–H and O–H groups in total. The Balaban J connectivity index is 2.36. The van der Waals surface area contributed by atoms with Crippen molar-refractivity contribution in [1.29, 1.82) is 0 Å². The molecule has 0 bridgehead atoms. The minimum absolute atomic E-state index is 0.0315. The molecule has 0 amide bonds. The van der Waals surface area contributed by atoms with Crippen LogP contribution in [-0.2, 0) is 6.61 Å². The smallest absolute Gasteiger partial charge is 0.123 e. The van der Waals surface area contributed by atoms with Gasteiger partial charge in [-0.3, -0.25) is 0 Å². The lowest BCUT2D eigenvalue weighted by atomic mass is 10.2. The fraction of sp³-hybridized carbons (Fsp3) is 0.250. The summed E-state index contributed by atoms with van der Waals surface area (Å²) in [6, 6.07) is 11.8. The lowest BCUT2D eigenvalue weighted by Gasteiger charge is -2.11. The van der Waals surface area contributed by atoms with E-state index in [0.29, 0.717) is 0 Å². The van der Waals surface area contributed by atoms with Gasteiger partial charge in [-0.15, -0.1) is 0 Å². The summed E-state index contributed by atoms with van der Waals surface area (Å²) in [7, 11) is 3.27. The molecular weight excluding hydrogens is 272 g/mol. The van der Waals surface area contributed by atoms with E-state index in [-0.39, 0.29) is 6.61 Å². The number of aliphatic hydroxyl groups excluding tert-OH is 1. The average molecular weight is 290 g/mol. The van der Waals surface area contributed by atoms with E-state index in [4.69, 9.17) is 9.47 Å². The highest BCUT2D eigenvalue weighted by Gasteiger charge is 2.07. The van der Waals surface area contributed by atoms with Gasteiger partial charge in [-0.05, 0) is 36.2 Å². The van der Waals surface area contributed by atoms with Crippen LogP contribution in [0.4, 0.5) is 0 Å². The zero-order valence-electron chi connectivity index (χ0n) is 11.8. The number of ether oxygens (including phenoxy) is 2. The van der Waals surface area contributed by atoms with Gasteiger partial charge in [0.1, 0.15) is 11.5 Å². The fourth-order valence-corrected chi connectivity index (χ4v) is 2.97. The molecule has 0 aromatic heterocycles. The second-order valence-corrected chi connectivity index (χ2v) is 5.54. The van der Waals surface area contributed by atoms with Gasteiger partial charge in [0, 0.05) is 15.9 Å². The van der Waals surface area contributed by atoms with E-state index in [1.807, 2.05) is 37.3 Å². The Morgan fingerprint density at radius 2 is 1.65 bits per heavy atom. The summed E-state index contributed by atoms with van der Waals surface area (Å²) in [5.74, 6) is 1.51. The number of rotatable bonds is 5. The van der Waals surface area contributed by atoms with Crippen LogP contribution >= 0.6 is 11.8 Å². The number of aliphatic hydroxyl groups is 1. The number of methoxy groups -OCH3 is 2. The number of hydrogen-bond donors (Lipinski definition) is 1. The van der Waals surface area contributed by atoms with Crippen molar-refractivity contribution in [1.82, 2.24) is 0 Å². The predicted octanol–water partition coefficient (Wildman–Crippen LogP) is 3.66. The second kappa shape index (κ2) is 6.68. The van der Waals surface area contributed by atoms with Crippen LogP contribution < -0.4 is 9.47 Å². The highest BCUT2D eigenvalue weighted by molar-refractivity contribution is 7.99. The molecule has 0 unspecified atom stereocenters. The van der Waals surface area contributed by atoms with E-state index in [1.165, 1.54) is 5.56 Å². The van der Waals surface area contributed by atoms with Gasteiger partial charge in [-0.25, -0.2) is 0 Å². The van der Waals surface area contributed by atoms with Crippen molar-refractivity contribution in [2.75, 3.05) is 14.2 Å². The second-order valence-electron chi connectivity index (χ2n) is 4.42. The molecule has 4 heteroatoms. The maximum absolute atomic E-state index is 9.43. The standard InChI is InChI=1S/C16H18O3S/c1-11-4-5-12(10-17)16(6-11)20-15-8-13(18-2)7-14(9-15)19-3/h4-9,17H,10H2,1-3H3. The van der Waals surface area contributed by atoms with Crippen molar-refractivity contribution in [3.05, 3.63) is 47.5 Å². The molecule has 0 aliphatic heterocycles. The number of aryl methyl sites for hydroxylation is 1. The fourth-order valence-electron chi connectivity index (χ4n) is 1.85. The first kappa shape index (κ1) is 14.8. The first-order valence-electron chi connectivity index (χ1n) is 6.27. The normalized spacial score (nSPS) is 10.4. The van der Waals surface area contributed by atoms with Gasteiger partial charge in [0.25, 0.3) is 0 Å². The van der Waals surface area contributed by atoms with Crippen LogP contribution in [0.25, 0.3) is 0 Å². The van der Waals surface area contributed by atoms with Crippen LogP contribution in [0.5, 0.6) is 11.5 Å². The van der Waals surface area contributed by atoms with Gasteiger partial charge in [0.2, 0.25) is 0 Å². The molecule has 20 heavy (non-hydrogen) atoms. The number of benzene rings is 2. The predicted molar refractivity (Wildman–Crippen MR) is 80.8 cm³/mol. The quantitative estimate of drug-likeness (QED) is 0.912. The zero-order chi connectivity index (χ0) is 14.5. The van der Waals surface area contributed by atoms with Gasteiger partial charge in [0.15, 0.2) is 0 Å². The molecule has 0 spiro atoms. The zero-order valence-corrected chi connectivity index (χ0v) is 12.7. The Morgan fingerprint density at radius 1 is 1.00 bits per heavy atom. The maximum Gasteiger partial charge on any atom is 0.123 e. The molecule has 0 aliphatic rings. The van der Waals surface area contributed by atoms with Crippen molar-refractivity contribution in [3.8, 4) is 11.5 Å². The van der Waals surface area contributed by atoms with Gasteiger partial charge in [0.05, 0.1) is 20.8 Å². The van der Waals surface area contributed by atoms with E-state index in [2.05, 4.69) is 6.07 Å². The summed E-state index contributed by atoms with van der Waals surface area (Å²) in [6.07, 6.45) is 0. The Kier molecular flexibility index (Phi) is 4.93. The van der Waals surface area contributed by atoms with Crippen LogP contribution in [0, 0.1) is 6.92 Å². The van der Waals surface area contributed by atoms with Crippen molar-refractivity contribution in [3.63, 3.8) is 0 Å². The summed E-state index contributed by atoms with van der Waals surface area (Å²) < 4.78 is 10.5. The highest BCUT2D eigenvalue weighted by atomic mass is 32.2. The van der Waals surface area contributed by atoms with Crippen molar-refractivity contribution < 1.29 is 14.6 Å². The van der Waals surface area contributed by atoms with Crippen LogP contribution in [0.15, 0.2) is 46.2 Å². The molecule has 106 valence electrons. The third-order valence-electron chi connectivity index (χ3n) is 2.95. The summed E-state index contributed by atoms with van der Waals surface area (Å²) in [5, 5.41) is 9.43. The molecule has 0 aliphatic carbocycles. The molecular formula is C16H18O3S. The van der Waals surface area contributed by atoms with E-state index in [1.54, 1.807) is 26.0 Å². The third-order valence-corrected chi connectivity index (χ3v) is 4.02. The molecule has 0 heterocycles. The van der Waals surface area contributed by atoms with Crippen LogP contribution in [0.2, 0.25) is 0 Å². The van der Waals surface area contributed by atoms with Gasteiger partial charge >= 0.3 is 0 Å². The Hall–Kier alpha value is -1.65. The Bertz CT molecular complexity index is 574. The van der Waals surface area contributed by atoms with Gasteiger partial charge in [-0.2, -0.15) is 0 Å². The summed E-state index contributed by atoms with van der Waals surface area (Å²) >= 11 is 1.59. The number of hydrogen-bond acceptors (Lipinski definition) is 4. The average Bonchev–Trinajstić information content (AvgIpc) is 2.47. The molecule has 0 atom stereocenters. The largest absolute Gasteiger partial charge is 0.497 e. The van der Waals surface area contributed by atoms with E-state index < -0.39 is 0 Å². The summed E-state index contributed by atoms with van der Waals surface area (Å²) in [5.41, 5.74) is 2.09. The molecule has 3 nitrogen and oxygen atoms in total. The molecule has 0 saturated carbocycles.